The summed E-state index contributed by atoms with van der Waals surface area (Å²) in [6, 6.07) is 4.97. The van der Waals surface area contributed by atoms with Crippen LogP contribution in [0.2, 0.25) is 0 Å². The lowest BCUT2D eigenvalue weighted by atomic mass is 10.1. The molecule has 104 valence electrons. The molecule has 19 heavy (non-hydrogen) atoms. The van der Waals surface area contributed by atoms with Gasteiger partial charge in [-0.05, 0) is 30.9 Å². The molecule has 6 heteroatoms. The smallest absolute Gasteiger partial charge is 0.241 e. The maximum Gasteiger partial charge on any atom is 0.241 e. The monoisotopic (exact) mass is 299 g/mol. The van der Waals surface area contributed by atoms with Crippen molar-refractivity contribution in [2.75, 3.05) is 25.2 Å². The topological polar surface area (TPSA) is 66.4 Å². The van der Waals surface area contributed by atoms with Gasteiger partial charge >= 0.3 is 0 Å². The summed E-state index contributed by atoms with van der Waals surface area (Å²) in [5.74, 6) is 5.87. The molecular formula is C13H17NO3S2. The van der Waals surface area contributed by atoms with Crippen molar-refractivity contribution in [3.8, 4) is 11.8 Å². The molecule has 0 radical (unpaired) electrons. The molecule has 1 aromatic carbocycles. The van der Waals surface area contributed by atoms with Crippen LogP contribution in [0.15, 0.2) is 23.1 Å². The highest BCUT2D eigenvalue weighted by Gasteiger charge is 2.17. The van der Waals surface area contributed by atoms with Gasteiger partial charge in [0.2, 0.25) is 10.0 Å². The van der Waals surface area contributed by atoms with Crippen molar-refractivity contribution in [3.63, 3.8) is 0 Å². The molecule has 0 unspecified atom stereocenters. The molecule has 0 heterocycles. The second-order valence-electron chi connectivity index (χ2n) is 3.85. The first-order valence-electron chi connectivity index (χ1n) is 5.70. The van der Waals surface area contributed by atoms with Gasteiger partial charge in [0.15, 0.2) is 0 Å². The van der Waals surface area contributed by atoms with Crippen LogP contribution in [0.4, 0.5) is 0 Å². The minimum Gasteiger partial charge on any atom is -0.384 e. The zero-order valence-electron chi connectivity index (χ0n) is 10.9. The van der Waals surface area contributed by atoms with Gasteiger partial charge in [0, 0.05) is 17.9 Å². The first kappa shape index (κ1) is 16.1. The van der Waals surface area contributed by atoms with Crippen molar-refractivity contribution >= 4 is 21.8 Å². The van der Waals surface area contributed by atoms with Crippen LogP contribution in [0, 0.1) is 18.8 Å². The lowest BCUT2D eigenvalue weighted by Crippen LogP contribution is -2.26. The number of aliphatic hydroxyl groups is 1. The van der Waals surface area contributed by atoms with Crippen LogP contribution in [-0.4, -0.2) is 38.7 Å². The van der Waals surface area contributed by atoms with Gasteiger partial charge in [0.25, 0.3) is 0 Å². The Balaban J connectivity index is 3.11. The molecule has 0 amide bonds. The van der Waals surface area contributed by atoms with Gasteiger partial charge < -0.3 is 5.11 Å². The first-order valence-corrected chi connectivity index (χ1v) is 8.58. The third-order valence-electron chi connectivity index (χ3n) is 2.32. The van der Waals surface area contributed by atoms with E-state index in [1.54, 1.807) is 23.9 Å². The average molecular weight is 299 g/mol. The molecule has 0 saturated heterocycles. The summed E-state index contributed by atoms with van der Waals surface area (Å²) >= 11 is 1.57. The molecule has 0 bridgehead atoms. The van der Waals surface area contributed by atoms with Crippen LogP contribution in [0.25, 0.3) is 0 Å². The third kappa shape index (κ3) is 4.88. The van der Waals surface area contributed by atoms with E-state index in [9.17, 15) is 8.42 Å². The molecular weight excluding hydrogens is 282 g/mol. The fraction of sp³-hybridized carbons (Fsp3) is 0.385. The number of hydrogen-bond acceptors (Lipinski definition) is 4. The number of sulfonamides is 1. The van der Waals surface area contributed by atoms with Crippen LogP contribution in [0.3, 0.4) is 0 Å². The van der Waals surface area contributed by atoms with Crippen LogP contribution >= 0.6 is 11.8 Å². The van der Waals surface area contributed by atoms with Crippen molar-refractivity contribution in [2.24, 2.45) is 0 Å². The molecule has 0 aliphatic rings. The van der Waals surface area contributed by atoms with Crippen LogP contribution < -0.4 is 4.72 Å². The quantitative estimate of drug-likeness (QED) is 0.628. The predicted octanol–water partition coefficient (Wildman–Crippen LogP) is 0.980. The van der Waals surface area contributed by atoms with E-state index in [0.717, 1.165) is 5.56 Å². The van der Waals surface area contributed by atoms with Gasteiger partial charge in [0.1, 0.15) is 6.61 Å². The summed E-state index contributed by atoms with van der Waals surface area (Å²) in [5.41, 5.74) is 1.33. The van der Waals surface area contributed by atoms with E-state index in [4.69, 9.17) is 5.11 Å². The Bertz CT molecular complexity index is 586. The Morgan fingerprint density at radius 2 is 2.16 bits per heavy atom. The zero-order chi connectivity index (χ0) is 14.3. The minimum atomic E-state index is -3.56. The lowest BCUT2D eigenvalue weighted by Gasteiger charge is -2.08. The SMILES string of the molecule is CSCCNS(=O)(=O)c1ccc(C)cc1C#CCO. The third-order valence-corrected chi connectivity index (χ3v) is 4.46. The fourth-order valence-corrected chi connectivity index (χ4v) is 3.07. The number of aryl methyl sites for hydroxylation is 1. The highest BCUT2D eigenvalue weighted by atomic mass is 32.2. The van der Waals surface area contributed by atoms with Gasteiger partial charge in [-0.25, -0.2) is 13.1 Å². The largest absolute Gasteiger partial charge is 0.384 e. The van der Waals surface area contributed by atoms with E-state index < -0.39 is 10.0 Å². The molecule has 1 aromatic rings. The average Bonchev–Trinajstić information content (AvgIpc) is 2.36. The van der Waals surface area contributed by atoms with Gasteiger partial charge in [-0.1, -0.05) is 17.9 Å². The van der Waals surface area contributed by atoms with Crippen molar-refractivity contribution < 1.29 is 13.5 Å². The van der Waals surface area contributed by atoms with E-state index in [0.29, 0.717) is 17.9 Å². The Hall–Kier alpha value is -1.00. The van der Waals surface area contributed by atoms with E-state index in [1.807, 2.05) is 13.2 Å². The predicted molar refractivity (Wildman–Crippen MR) is 78.7 cm³/mol. The number of rotatable bonds is 5. The molecule has 0 saturated carbocycles. The summed E-state index contributed by atoms with van der Waals surface area (Å²) in [6.45, 7) is 1.94. The zero-order valence-corrected chi connectivity index (χ0v) is 12.6. The number of nitrogens with one attached hydrogen (secondary N) is 1. The molecule has 4 nitrogen and oxygen atoms in total. The fourth-order valence-electron chi connectivity index (χ4n) is 1.47. The number of hydrogen-bond donors (Lipinski definition) is 2. The van der Waals surface area contributed by atoms with Crippen LogP contribution in [0.1, 0.15) is 11.1 Å². The standard InChI is InChI=1S/C13H17NO3S2/c1-11-5-6-13(12(10-11)4-3-8-15)19(16,17)14-7-9-18-2/h5-6,10,14-15H,7-9H2,1-2H3. The molecule has 0 aromatic heterocycles. The molecule has 0 spiro atoms. The van der Waals surface area contributed by atoms with Crippen molar-refractivity contribution in [2.45, 2.75) is 11.8 Å². The molecule has 0 atom stereocenters. The highest BCUT2D eigenvalue weighted by Crippen LogP contribution is 2.16. The molecule has 0 aliphatic heterocycles. The Kier molecular flexibility index (Phi) is 6.38. The van der Waals surface area contributed by atoms with E-state index >= 15 is 0 Å². The van der Waals surface area contributed by atoms with Crippen molar-refractivity contribution in [1.29, 1.82) is 0 Å². The maximum absolute atomic E-state index is 12.2. The number of aliphatic hydroxyl groups excluding tert-OH is 1. The Labute approximate surface area is 118 Å². The normalized spacial score (nSPS) is 10.9. The van der Waals surface area contributed by atoms with E-state index in [-0.39, 0.29) is 11.5 Å². The molecule has 0 fully saturated rings. The van der Waals surface area contributed by atoms with Crippen molar-refractivity contribution in [3.05, 3.63) is 29.3 Å². The maximum atomic E-state index is 12.2. The highest BCUT2D eigenvalue weighted by molar-refractivity contribution is 7.98. The minimum absolute atomic E-state index is 0.153. The van der Waals surface area contributed by atoms with Gasteiger partial charge in [-0.3, -0.25) is 0 Å². The summed E-state index contributed by atoms with van der Waals surface area (Å²) in [7, 11) is -3.56. The first-order chi connectivity index (χ1) is 9.01. The van der Waals surface area contributed by atoms with Gasteiger partial charge in [-0.15, -0.1) is 0 Å². The molecule has 2 N–H and O–H groups in total. The summed E-state index contributed by atoms with van der Waals surface area (Å²) in [6.07, 6.45) is 1.92. The lowest BCUT2D eigenvalue weighted by molar-refractivity contribution is 0.350. The summed E-state index contributed by atoms with van der Waals surface area (Å²) in [5, 5.41) is 8.72. The van der Waals surface area contributed by atoms with Gasteiger partial charge in [0.05, 0.1) is 4.90 Å². The summed E-state index contributed by atoms with van der Waals surface area (Å²) < 4.78 is 26.8. The Morgan fingerprint density at radius 3 is 2.79 bits per heavy atom. The van der Waals surface area contributed by atoms with E-state index in [2.05, 4.69) is 16.6 Å². The number of benzene rings is 1. The summed E-state index contributed by atoms with van der Waals surface area (Å²) in [4.78, 5) is 0.153. The van der Waals surface area contributed by atoms with Gasteiger partial charge in [-0.2, -0.15) is 11.8 Å². The van der Waals surface area contributed by atoms with Crippen LogP contribution in [0.5, 0.6) is 0 Å². The van der Waals surface area contributed by atoms with Crippen LogP contribution in [-0.2, 0) is 10.0 Å². The Morgan fingerprint density at radius 1 is 1.42 bits per heavy atom. The second-order valence-corrected chi connectivity index (χ2v) is 6.57. The van der Waals surface area contributed by atoms with Crippen molar-refractivity contribution in [1.82, 2.24) is 4.72 Å². The number of thioether (sulfide) groups is 1. The molecule has 0 aliphatic carbocycles. The molecule has 1 rings (SSSR count). The van der Waals surface area contributed by atoms with E-state index in [1.165, 1.54) is 6.07 Å². The second kappa shape index (κ2) is 7.56.